The Balaban J connectivity index is 2.34. The van der Waals surface area contributed by atoms with Crippen molar-refractivity contribution in [3.8, 4) is 0 Å². The van der Waals surface area contributed by atoms with Crippen molar-refractivity contribution >= 4 is 21.4 Å². The summed E-state index contributed by atoms with van der Waals surface area (Å²) in [5.74, 6) is 0. The molecule has 0 fully saturated rings. The number of rotatable bonds is 6. The number of hydrogen-bond acceptors (Lipinski definition) is 4. The minimum absolute atomic E-state index is 0.428. The molecule has 1 aromatic carbocycles. The lowest BCUT2D eigenvalue weighted by Gasteiger charge is -2.10. The zero-order valence-corrected chi connectivity index (χ0v) is 11.0. The summed E-state index contributed by atoms with van der Waals surface area (Å²) < 4.78 is 24.1. The number of para-hydroxylation sites is 1. The van der Waals surface area contributed by atoms with Crippen molar-refractivity contribution in [3.63, 3.8) is 0 Å². The Bertz CT molecular complexity index is 472. The number of aryl methyl sites for hydroxylation is 1. The first-order valence-corrected chi connectivity index (χ1v) is 7.33. The van der Waals surface area contributed by atoms with Gasteiger partial charge in [0.1, 0.15) is 0 Å². The van der Waals surface area contributed by atoms with Crippen molar-refractivity contribution in [1.29, 1.82) is 0 Å². The van der Waals surface area contributed by atoms with E-state index < -0.39 is 10.0 Å². The molecule has 4 N–H and O–H groups in total. The van der Waals surface area contributed by atoms with Crippen LogP contribution >= 0.6 is 0 Å². The molecule has 0 aliphatic carbocycles. The monoisotopic (exact) mass is 257 g/mol. The molecule has 0 spiro atoms. The second-order valence-electron chi connectivity index (χ2n) is 3.98. The molecule has 0 aliphatic rings. The van der Waals surface area contributed by atoms with E-state index in [1.165, 1.54) is 0 Å². The largest absolute Gasteiger partial charge is 0.397 e. The van der Waals surface area contributed by atoms with Gasteiger partial charge in [-0.25, -0.2) is 13.1 Å². The number of hydrogen-bond donors (Lipinski definition) is 3. The topological polar surface area (TPSA) is 84.2 Å². The zero-order valence-electron chi connectivity index (χ0n) is 10.2. The third kappa shape index (κ3) is 5.06. The number of nitrogen functional groups attached to an aromatic ring is 1. The summed E-state index contributed by atoms with van der Waals surface area (Å²) in [6, 6.07) is 5.79. The molecule has 0 bridgehead atoms. The fourth-order valence-corrected chi connectivity index (χ4v) is 1.92. The standard InChI is InChI=1S/C11H19N3O2S/c1-9-5-3-6-10(11(9)12)13-7-4-8-14-17(2,15)16/h3,5-6,13-14H,4,7-8,12H2,1-2H3. The molecule has 0 amide bonds. The highest BCUT2D eigenvalue weighted by atomic mass is 32.2. The molecular weight excluding hydrogens is 238 g/mol. The molecule has 0 aliphatic heterocycles. The molecule has 96 valence electrons. The Hall–Kier alpha value is -1.27. The van der Waals surface area contributed by atoms with Crippen molar-refractivity contribution in [2.75, 3.05) is 30.4 Å². The highest BCUT2D eigenvalue weighted by Gasteiger charge is 2.01. The van der Waals surface area contributed by atoms with Gasteiger partial charge < -0.3 is 11.1 Å². The Kier molecular flexibility index (Phi) is 4.77. The maximum atomic E-state index is 10.8. The molecule has 5 nitrogen and oxygen atoms in total. The van der Waals surface area contributed by atoms with Gasteiger partial charge in [0.25, 0.3) is 0 Å². The molecule has 6 heteroatoms. The normalized spacial score (nSPS) is 11.4. The van der Waals surface area contributed by atoms with Gasteiger partial charge in [0, 0.05) is 13.1 Å². The summed E-state index contributed by atoms with van der Waals surface area (Å²) in [4.78, 5) is 0. The van der Waals surface area contributed by atoms with Crippen LogP contribution in [0, 0.1) is 6.92 Å². The molecule has 0 saturated heterocycles. The molecule has 1 aromatic rings. The van der Waals surface area contributed by atoms with E-state index in [1.807, 2.05) is 25.1 Å². The van der Waals surface area contributed by atoms with E-state index in [1.54, 1.807) is 0 Å². The van der Waals surface area contributed by atoms with Gasteiger partial charge in [0.05, 0.1) is 17.6 Å². The van der Waals surface area contributed by atoms with Gasteiger partial charge in [0.15, 0.2) is 0 Å². The smallest absolute Gasteiger partial charge is 0.208 e. The lowest BCUT2D eigenvalue weighted by molar-refractivity contribution is 0.586. The lowest BCUT2D eigenvalue weighted by atomic mass is 10.1. The lowest BCUT2D eigenvalue weighted by Crippen LogP contribution is -2.24. The second kappa shape index (κ2) is 5.88. The highest BCUT2D eigenvalue weighted by Crippen LogP contribution is 2.21. The van der Waals surface area contributed by atoms with Crippen molar-refractivity contribution in [2.24, 2.45) is 0 Å². The molecule has 0 radical (unpaired) electrons. The molecule has 0 unspecified atom stereocenters. The van der Waals surface area contributed by atoms with Gasteiger partial charge in [-0.1, -0.05) is 12.1 Å². The molecule has 0 heterocycles. The summed E-state index contributed by atoms with van der Waals surface area (Å²) in [5, 5.41) is 3.18. The van der Waals surface area contributed by atoms with E-state index >= 15 is 0 Å². The van der Waals surface area contributed by atoms with Crippen LogP contribution in [-0.4, -0.2) is 27.8 Å². The van der Waals surface area contributed by atoms with E-state index in [0.717, 1.165) is 23.2 Å². The summed E-state index contributed by atoms with van der Waals surface area (Å²) in [6.07, 6.45) is 1.86. The fraction of sp³-hybridized carbons (Fsp3) is 0.455. The van der Waals surface area contributed by atoms with Gasteiger partial charge in [-0.3, -0.25) is 0 Å². The summed E-state index contributed by atoms with van der Waals surface area (Å²) in [7, 11) is -3.09. The highest BCUT2D eigenvalue weighted by molar-refractivity contribution is 7.88. The van der Waals surface area contributed by atoms with Crippen LogP contribution in [0.25, 0.3) is 0 Å². The van der Waals surface area contributed by atoms with E-state index in [-0.39, 0.29) is 0 Å². The Morgan fingerprint density at radius 2 is 2.00 bits per heavy atom. The predicted octanol–water partition coefficient (Wildman–Crippen LogP) is 0.928. The Morgan fingerprint density at radius 3 is 2.65 bits per heavy atom. The minimum atomic E-state index is -3.09. The van der Waals surface area contributed by atoms with Gasteiger partial charge in [0.2, 0.25) is 10.0 Å². The van der Waals surface area contributed by atoms with Crippen LogP contribution < -0.4 is 15.8 Å². The van der Waals surface area contributed by atoms with Crippen molar-refractivity contribution in [1.82, 2.24) is 4.72 Å². The molecule has 0 atom stereocenters. The Labute approximate surface area is 102 Å². The number of nitrogens with one attached hydrogen (secondary N) is 2. The van der Waals surface area contributed by atoms with Crippen LogP contribution in [-0.2, 0) is 10.0 Å². The van der Waals surface area contributed by atoms with Crippen LogP contribution in [0.15, 0.2) is 18.2 Å². The van der Waals surface area contributed by atoms with Crippen LogP contribution in [0.5, 0.6) is 0 Å². The summed E-state index contributed by atoms with van der Waals surface area (Å²) in [5.41, 5.74) is 8.56. The average Bonchev–Trinajstić information content (AvgIpc) is 2.22. The third-order valence-corrected chi connectivity index (χ3v) is 3.09. The van der Waals surface area contributed by atoms with Gasteiger partial charge in [-0.15, -0.1) is 0 Å². The van der Waals surface area contributed by atoms with Crippen LogP contribution in [0.3, 0.4) is 0 Å². The van der Waals surface area contributed by atoms with Gasteiger partial charge in [-0.05, 0) is 25.0 Å². The first kappa shape index (κ1) is 13.8. The van der Waals surface area contributed by atoms with Gasteiger partial charge in [-0.2, -0.15) is 0 Å². The Morgan fingerprint density at radius 1 is 1.29 bits per heavy atom. The second-order valence-corrected chi connectivity index (χ2v) is 5.82. The van der Waals surface area contributed by atoms with Crippen molar-refractivity contribution < 1.29 is 8.42 Å². The maximum Gasteiger partial charge on any atom is 0.208 e. The first-order chi connectivity index (χ1) is 7.90. The molecular formula is C11H19N3O2S. The fourth-order valence-electron chi connectivity index (χ4n) is 1.40. The summed E-state index contributed by atoms with van der Waals surface area (Å²) in [6.45, 7) is 3.06. The van der Waals surface area contributed by atoms with E-state index in [0.29, 0.717) is 19.5 Å². The summed E-state index contributed by atoms with van der Waals surface area (Å²) >= 11 is 0. The third-order valence-electron chi connectivity index (χ3n) is 2.36. The number of sulfonamides is 1. The predicted molar refractivity (Wildman–Crippen MR) is 71.5 cm³/mol. The maximum absolute atomic E-state index is 10.8. The zero-order chi connectivity index (χ0) is 12.9. The molecule has 17 heavy (non-hydrogen) atoms. The number of nitrogens with two attached hydrogens (primary N) is 1. The van der Waals surface area contributed by atoms with Crippen molar-refractivity contribution in [3.05, 3.63) is 23.8 Å². The molecule has 0 aromatic heterocycles. The minimum Gasteiger partial charge on any atom is -0.397 e. The average molecular weight is 257 g/mol. The van der Waals surface area contributed by atoms with E-state index in [2.05, 4.69) is 10.0 Å². The quantitative estimate of drug-likeness (QED) is 0.523. The van der Waals surface area contributed by atoms with Crippen LogP contribution in [0.2, 0.25) is 0 Å². The van der Waals surface area contributed by atoms with E-state index in [9.17, 15) is 8.42 Å². The van der Waals surface area contributed by atoms with Crippen LogP contribution in [0.1, 0.15) is 12.0 Å². The SMILES string of the molecule is Cc1cccc(NCCCNS(C)(=O)=O)c1N. The molecule has 1 rings (SSSR count). The van der Waals surface area contributed by atoms with E-state index in [4.69, 9.17) is 5.73 Å². The van der Waals surface area contributed by atoms with Crippen molar-refractivity contribution in [2.45, 2.75) is 13.3 Å². The molecule has 0 saturated carbocycles. The first-order valence-electron chi connectivity index (χ1n) is 5.44. The number of benzene rings is 1. The van der Waals surface area contributed by atoms with Crippen LogP contribution in [0.4, 0.5) is 11.4 Å². The number of anilines is 2. The van der Waals surface area contributed by atoms with Gasteiger partial charge >= 0.3 is 0 Å².